The molecule has 0 unspecified atom stereocenters. The first-order valence-electron chi connectivity index (χ1n) is 7.24. The molecule has 0 amide bonds. The molecule has 2 rings (SSSR count). The van der Waals surface area contributed by atoms with Crippen molar-refractivity contribution in [1.29, 1.82) is 0 Å². The molecule has 0 saturated heterocycles. The van der Waals surface area contributed by atoms with Crippen molar-refractivity contribution in [2.45, 2.75) is 53.4 Å². The molecule has 0 spiro atoms. The second-order valence-corrected chi connectivity index (χ2v) is 4.53. The predicted octanol–water partition coefficient (Wildman–Crippen LogP) is -0.934. The zero-order chi connectivity index (χ0) is 13.4. The summed E-state index contributed by atoms with van der Waals surface area (Å²) in [6.45, 7) is 9.06. The van der Waals surface area contributed by atoms with Crippen molar-refractivity contribution in [2.75, 3.05) is 0 Å². The van der Waals surface area contributed by atoms with Gasteiger partial charge >= 0.3 is 25.8 Å². The Balaban J connectivity index is -0.000000349. The predicted molar refractivity (Wildman–Crippen MR) is 81.6 cm³/mol. The molecule has 0 fully saturated rings. The largest absolute Gasteiger partial charge is 4.00 e. The van der Waals surface area contributed by atoms with Gasteiger partial charge in [-0.05, 0) is 0 Å². The maximum absolute atomic E-state index is 2.41. The first-order valence-corrected chi connectivity index (χ1v) is 7.24. The summed E-state index contributed by atoms with van der Waals surface area (Å²) in [5.74, 6) is 0. The van der Waals surface area contributed by atoms with Crippen LogP contribution in [0.25, 0.3) is 0 Å². The third-order valence-electron chi connectivity index (χ3n) is 3.51. The molecular weight excluding hydrogens is 466 g/mol. The van der Waals surface area contributed by atoms with Crippen LogP contribution in [-0.2, 0) is 51.5 Å². The molecular formula is C18H26Cl2Hf. The molecule has 116 valence electrons. The van der Waals surface area contributed by atoms with Crippen LogP contribution >= 0.6 is 0 Å². The number of halogens is 2. The van der Waals surface area contributed by atoms with Gasteiger partial charge in [0.2, 0.25) is 0 Å². The van der Waals surface area contributed by atoms with Crippen molar-refractivity contribution in [3.05, 3.63) is 58.7 Å². The third-order valence-corrected chi connectivity index (χ3v) is 3.51. The normalized spacial score (nSPS) is 8.57. The van der Waals surface area contributed by atoms with Gasteiger partial charge < -0.3 is 24.8 Å². The molecule has 2 aromatic carbocycles. The molecule has 0 aliphatic heterocycles. The molecule has 0 aromatic heterocycles. The molecule has 0 aliphatic carbocycles. The zero-order valence-electron chi connectivity index (χ0n) is 13.5. The Bertz CT molecular complexity index is 387. The van der Waals surface area contributed by atoms with Gasteiger partial charge in [0.25, 0.3) is 0 Å². The smallest absolute Gasteiger partial charge is 1.00 e. The molecule has 0 N–H and O–H groups in total. The van der Waals surface area contributed by atoms with E-state index in [0.29, 0.717) is 0 Å². The summed E-state index contributed by atoms with van der Waals surface area (Å²) in [5, 5.41) is 0. The Morgan fingerprint density at radius 2 is 1.48 bits per heavy atom. The van der Waals surface area contributed by atoms with E-state index < -0.39 is 0 Å². The Kier molecular flexibility index (Phi) is 18.7. The summed E-state index contributed by atoms with van der Waals surface area (Å²) in [5.41, 5.74) is 6.41. The first-order chi connectivity index (χ1) is 8.78. The van der Waals surface area contributed by atoms with Crippen molar-refractivity contribution < 1.29 is 50.7 Å². The quantitative estimate of drug-likeness (QED) is 0.383. The SMILES string of the molecule is CCc1c[c-](CC)c(CC)c1CC.[Cl-].[Cl-].[Hf+4].c1cc[cH-]c1. The number of aryl methyl sites for hydroxylation is 2. The van der Waals surface area contributed by atoms with Crippen LogP contribution in [0, 0.1) is 0 Å². The molecule has 2 aromatic rings. The van der Waals surface area contributed by atoms with E-state index in [9.17, 15) is 0 Å². The average Bonchev–Trinajstić information content (AvgIpc) is 3.08. The van der Waals surface area contributed by atoms with Gasteiger partial charge in [0.15, 0.2) is 0 Å². The minimum absolute atomic E-state index is 0. The minimum Gasteiger partial charge on any atom is -1.00 e. The van der Waals surface area contributed by atoms with Crippen molar-refractivity contribution >= 4 is 0 Å². The van der Waals surface area contributed by atoms with Crippen LogP contribution in [0.5, 0.6) is 0 Å². The van der Waals surface area contributed by atoms with Crippen LogP contribution in [0.4, 0.5) is 0 Å². The Morgan fingerprint density at radius 3 is 1.76 bits per heavy atom. The van der Waals surface area contributed by atoms with Crippen molar-refractivity contribution in [3.63, 3.8) is 0 Å². The maximum Gasteiger partial charge on any atom is 4.00 e. The van der Waals surface area contributed by atoms with E-state index in [-0.39, 0.29) is 50.7 Å². The Morgan fingerprint density at radius 1 is 0.905 bits per heavy atom. The zero-order valence-corrected chi connectivity index (χ0v) is 18.7. The van der Waals surface area contributed by atoms with Crippen LogP contribution in [-0.4, -0.2) is 0 Å². The minimum atomic E-state index is 0. The summed E-state index contributed by atoms with van der Waals surface area (Å²) in [6.07, 6.45) is 4.78. The first kappa shape index (κ1) is 26.1. The van der Waals surface area contributed by atoms with E-state index >= 15 is 0 Å². The molecule has 21 heavy (non-hydrogen) atoms. The molecule has 3 heteroatoms. The van der Waals surface area contributed by atoms with E-state index in [2.05, 4.69) is 33.8 Å². The fourth-order valence-electron chi connectivity index (χ4n) is 2.60. The maximum atomic E-state index is 2.41. The van der Waals surface area contributed by atoms with Crippen LogP contribution in [0.1, 0.15) is 49.9 Å². The molecule has 0 atom stereocenters. The van der Waals surface area contributed by atoms with E-state index in [4.69, 9.17) is 0 Å². The summed E-state index contributed by atoms with van der Waals surface area (Å²) >= 11 is 0. The summed E-state index contributed by atoms with van der Waals surface area (Å²) in [4.78, 5) is 0. The second-order valence-electron chi connectivity index (χ2n) is 4.53. The van der Waals surface area contributed by atoms with Gasteiger partial charge in [0, 0.05) is 0 Å². The molecule has 0 aliphatic rings. The third kappa shape index (κ3) is 7.81. The molecule has 0 radical (unpaired) electrons. The number of hydrogen-bond donors (Lipinski definition) is 0. The van der Waals surface area contributed by atoms with Crippen molar-refractivity contribution in [2.24, 2.45) is 0 Å². The standard InChI is InChI=1S/C13H21.C5H5.2ClH.Hf/c1-5-10-9-11(6-2)13(8-4)12(10)7-3;1-2-4-5-3-1;;;/h9H,5-8H2,1-4H3;1-5H;2*1H;/q2*-1;;;+4/p-2. The number of rotatable bonds is 4. The van der Waals surface area contributed by atoms with Crippen molar-refractivity contribution in [3.8, 4) is 0 Å². The van der Waals surface area contributed by atoms with Gasteiger partial charge in [0.05, 0.1) is 0 Å². The van der Waals surface area contributed by atoms with Gasteiger partial charge in [-0.3, -0.25) is 0 Å². The molecule has 0 saturated carbocycles. The van der Waals surface area contributed by atoms with Gasteiger partial charge in [-0.25, -0.2) is 12.1 Å². The Hall–Kier alpha value is 0.150. The number of hydrogen-bond acceptors (Lipinski definition) is 0. The summed E-state index contributed by atoms with van der Waals surface area (Å²) in [7, 11) is 0. The summed E-state index contributed by atoms with van der Waals surface area (Å²) in [6, 6.07) is 12.4. The summed E-state index contributed by atoms with van der Waals surface area (Å²) < 4.78 is 0. The van der Waals surface area contributed by atoms with Gasteiger partial charge in [-0.1, -0.05) is 53.4 Å². The average molecular weight is 492 g/mol. The van der Waals surface area contributed by atoms with Crippen LogP contribution < -0.4 is 24.8 Å². The van der Waals surface area contributed by atoms with Gasteiger partial charge in [-0.15, -0.1) is 0 Å². The molecule has 0 nitrogen and oxygen atoms in total. The van der Waals surface area contributed by atoms with E-state index in [0.717, 1.165) is 0 Å². The van der Waals surface area contributed by atoms with E-state index in [1.807, 2.05) is 30.3 Å². The fourth-order valence-corrected chi connectivity index (χ4v) is 2.60. The molecule has 0 bridgehead atoms. The van der Waals surface area contributed by atoms with Gasteiger partial charge in [0.1, 0.15) is 0 Å². The van der Waals surface area contributed by atoms with Crippen LogP contribution in [0.15, 0.2) is 36.4 Å². The Labute approximate surface area is 162 Å². The molecule has 0 heterocycles. The van der Waals surface area contributed by atoms with Crippen LogP contribution in [0.3, 0.4) is 0 Å². The monoisotopic (exact) mass is 492 g/mol. The van der Waals surface area contributed by atoms with E-state index in [1.165, 1.54) is 25.7 Å². The fraction of sp³-hybridized carbons (Fsp3) is 0.444. The van der Waals surface area contributed by atoms with Crippen LogP contribution in [0.2, 0.25) is 0 Å². The van der Waals surface area contributed by atoms with Crippen molar-refractivity contribution in [1.82, 2.24) is 0 Å². The topological polar surface area (TPSA) is 0 Å². The van der Waals surface area contributed by atoms with E-state index in [1.54, 1.807) is 22.3 Å². The van der Waals surface area contributed by atoms with Gasteiger partial charge in [-0.2, -0.15) is 46.5 Å². The second kappa shape index (κ2) is 15.1.